The number of aromatic nitrogens is 1. The molecule has 2 heterocycles. The Balaban J connectivity index is 1.78. The van der Waals surface area contributed by atoms with Crippen molar-refractivity contribution < 1.29 is 9.21 Å². The predicted molar refractivity (Wildman–Crippen MR) is 110 cm³/mol. The maximum atomic E-state index is 10.7. The van der Waals surface area contributed by atoms with Crippen molar-refractivity contribution in [2.75, 3.05) is 11.9 Å². The molecule has 0 radical (unpaired) electrons. The van der Waals surface area contributed by atoms with Crippen LogP contribution in [0.3, 0.4) is 0 Å². The minimum Gasteiger partial charge on any atom is -0.458 e. The van der Waals surface area contributed by atoms with Crippen LogP contribution in [0.2, 0.25) is 0 Å². The molecule has 148 valence electrons. The maximum absolute atomic E-state index is 10.7. The second kappa shape index (κ2) is 11.2. The van der Waals surface area contributed by atoms with Gasteiger partial charge < -0.3 is 26.5 Å². The number of urea groups is 1. The van der Waals surface area contributed by atoms with E-state index in [9.17, 15) is 4.79 Å². The molecule has 0 bridgehead atoms. The van der Waals surface area contributed by atoms with Crippen LogP contribution in [0.1, 0.15) is 51.2 Å². The van der Waals surface area contributed by atoms with Gasteiger partial charge in [-0.15, -0.1) is 11.3 Å². The average Bonchev–Trinajstić information content (AvgIpc) is 3.28. The number of unbranched alkanes of at least 4 members (excludes halogenated alkanes) is 5. The van der Waals surface area contributed by atoms with E-state index in [4.69, 9.17) is 15.9 Å². The zero-order chi connectivity index (χ0) is 19.5. The van der Waals surface area contributed by atoms with E-state index >= 15 is 0 Å². The molecule has 2 amide bonds. The van der Waals surface area contributed by atoms with Gasteiger partial charge in [-0.2, -0.15) is 0 Å². The third-order valence-corrected chi connectivity index (χ3v) is 4.64. The summed E-state index contributed by atoms with van der Waals surface area (Å²) in [6.07, 6.45) is 7.34. The number of guanidine groups is 1. The highest BCUT2D eigenvalue weighted by molar-refractivity contribution is 7.14. The van der Waals surface area contributed by atoms with Crippen LogP contribution >= 0.6 is 11.3 Å². The molecule has 2 aromatic rings. The number of amides is 2. The van der Waals surface area contributed by atoms with Crippen LogP contribution in [-0.4, -0.2) is 23.5 Å². The Morgan fingerprint density at radius 1 is 1.22 bits per heavy atom. The Morgan fingerprint density at radius 3 is 2.78 bits per heavy atom. The first-order chi connectivity index (χ1) is 13.1. The van der Waals surface area contributed by atoms with Crippen molar-refractivity contribution in [1.82, 2.24) is 10.3 Å². The first-order valence-electron chi connectivity index (χ1n) is 9.23. The number of nitrogens with one attached hydrogen (secondary N) is 2. The maximum Gasteiger partial charge on any atom is 0.312 e. The molecule has 0 saturated carbocycles. The van der Waals surface area contributed by atoms with Crippen molar-refractivity contribution >= 4 is 28.5 Å². The summed E-state index contributed by atoms with van der Waals surface area (Å²) in [7, 11) is 0. The molecule has 2 rings (SSSR count). The lowest BCUT2D eigenvalue weighted by molar-refractivity contribution is 0.247. The van der Waals surface area contributed by atoms with Crippen LogP contribution in [0.5, 0.6) is 0 Å². The Hall–Kier alpha value is -2.55. The number of furan rings is 1. The number of nitrogens with zero attached hydrogens (tertiary/aromatic N) is 2. The first-order valence-corrected chi connectivity index (χ1v) is 10.1. The first kappa shape index (κ1) is 20.8. The normalized spacial score (nSPS) is 11.5. The zero-order valence-electron chi connectivity index (χ0n) is 15.7. The molecule has 8 nitrogen and oxygen atoms in total. The van der Waals surface area contributed by atoms with E-state index in [1.54, 1.807) is 12.1 Å². The highest BCUT2D eigenvalue weighted by Gasteiger charge is 2.10. The highest BCUT2D eigenvalue weighted by atomic mass is 32.1. The van der Waals surface area contributed by atoms with Crippen molar-refractivity contribution in [1.29, 1.82) is 0 Å². The summed E-state index contributed by atoms with van der Waals surface area (Å²) in [5.74, 6) is 1.59. The smallest absolute Gasteiger partial charge is 0.312 e. The fraction of sp³-hybridized carbons (Fsp3) is 0.500. The van der Waals surface area contributed by atoms with Crippen molar-refractivity contribution in [2.24, 2.45) is 16.5 Å². The molecular formula is C18H28N6O2S. The summed E-state index contributed by atoms with van der Waals surface area (Å²) in [5, 5.41) is 8.01. The molecule has 0 unspecified atom stereocenters. The second-order valence-electron chi connectivity index (χ2n) is 6.18. The van der Waals surface area contributed by atoms with Crippen LogP contribution in [0.15, 0.2) is 26.9 Å². The fourth-order valence-electron chi connectivity index (χ4n) is 2.47. The molecule has 9 heteroatoms. The quantitative estimate of drug-likeness (QED) is 0.263. The molecule has 0 fully saturated rings. The van der Waals surface area contributed by atoms with Crippen molar-refractivity contribution in [3.63, 3.8) is 0 Å². The summed E-state index contributed by atoms with van der Waals surface area (Å²) >= 11 is 1.42. The lowest BCUT2D eigenvalue weighted by atomic mass is 10.1. The molecule has 0 aromatic carbocycles. The number of hydrogen-bond donors (Lipinski definition) is 4. The van der Waals surface area contributed by atoms with Gasteiger partial charge in [-0.1, -0.05) is 39.0 Å². The van der Waals surface area contributed by atoms with Crippen LogP contribution in [0.25, 0.3) is 11.5 Å². The van der Waals surface area contributed by atoms with Crippen molar-refractivity contribution in [2.45, 2.75) is 52.0 Å². The molecule has 2 aromatic heterocycles. The Bertz CT molecular complexity index is 740. The van der Waals surface area contributed by atoms with Crippen molar-refractivity contribution in [3.8, 4) is 11.5 Å². The Labute approximate surface area is 163 Å². The van der Waals surface area contributed by atoms with Crippen LogP contribution in [0, 0.1) is 0 Å². The minimum atomic E-state index is -0.594. The Kier molecular flexibility index (Phi) is 8.63. The molecule has 0 aliphatic carbocycles. The Morgan fingerprint density at radius 2 is 2.00 bits per heavy atom. The minimum absolute atomic E-state index is 0.239. The third kappa shape index (κ3) is 7.69. The molecule has 0 atom stereocenters. The van der Waals surface area contributed by atoms with Gasteiger partial charge in [0.15, 0.2) is 16.9 Å². The van der Waals surface area contributed by atoms with Gasteiger partial charge in [0.25, 0.3) is 0 Å². The van der Waals surface area contributed by atoms with Gasteiger partial charge in [0.2, 0.25) is 0 Å². The second-order valence-corrected chi connectivity index (χ2v) is 7.04. The van der Waals surface area contributed by atoms with E-state index in [1.807, 2.05) is 5.38 Å². The topological polar surface area (TPSA) is 132 Å². The van der Waals surface area contributed by atoms with Gasteiger partial charge in [0.05, 0.1) is 6.54 Å². The average molecular weight is 393 g/mol. The fourth-order valence-corrected chi connectivity index (χ4v) is 3.18. The largest absolute Gasteiger partial charge is 0.458 e. The lowest BCUT2D eigenvalue weighted by Gasteiger charge is -2.02. The molecule has 0 aliphatic rings. The third-order valence-electron chi connectivity index (χ3n) is 3.88. The lowest BCUT2D eigenvalue weighted by Crippen LogP contribution is -2.28. The highest BCUT2D eigenvalue weighted by Crippen LogP contribution is 2.26. The summed E-state index contributed by atoms with van der Waals surface area (Å²) in [6, 6.07) is 2.98. The van der Waals surface area contributed by atoms with E-state index in [1.165, 1.54) is 43.4 Å². The summed E-state index contributed by atoms with van der Waals surface area (Å²) in [4.78, 5) is 19.5. The number of rotatable bonds is 11. The number of carbonyl (C=O) groups is 1. The molecule has 0 aliphatic heterocycles. The van der Waals surface area contributed by atoms with E-state index < -0.39 is 6.03 Å². The van der Waals surface area contributed by atoms with E-state index in [-0.39, 0.29) is 6.54 Å². The molecule has 0 saturated heterocycles. The zero-order valence-corrected chi connectivity index (χ0v) is 16.5. The van der Waals surface area contributed by atoms with Gasteiger partial charge >= 0.3 is 6.03 Å². The monoisotopic (exact) mass is 392 g/mol. The summed E-state index contributed by atoms with van der Waals surface area (Å²) < 4.78 is 5.64. The number of anilines is 1. The van der Waals surface area contributed by atoms with Crippen molar-refractivity contribution in [3.05, 3.63) is 23.3 Å². The number of primary amides is 1. The van der Waals surface area contributed by atoms with Gasteiger partial charge in [-0.05, 0) is 18.6 Å². The molecule has 6 N–H and O–H groups in total. The SMILES string of the molecule is CCCCCCCCN=C(N)Nc1nc(-c2ccc(CNC(N)=O)o2)cs1. The number of carbonyl (C=O) groups excluding carboxylic acids is 1. The van der Waals surface area contributed by atoms with E-state index in [2.05, 4.69) is 27.5 Å². The number of hydrogen-bond acceptors (Lipinski definition) is 5. The van der Waals surface area contributed by atoms with Crippen LogP contribution in [-0.2, 0) is 6.54 Å². The van der Waals surface area contributed by atoms with E-state index in [0.29, 0.717) is 28.3 Å². The standard InChI is InChI=1S/C18H28N6O2S/c1-2-3-4-5-6-7-10-21-16(19)24-18-23-14(12-27-18)15-9-8-13(26-15)11-22-17(20)25/h8-9,12H,2-7,10-11H2,1H3,(H3,20,22,25)(H3,19,21,23,24). The van der Waals surface area contributed by atoms with Gasteiger partial charge in [-0.25, -0.2) is 9.78 Å². The van der Waals surface area contributed by atoms with Crippen LogP contribution in [0.4, 0.5) is 9.93 Å². The number of nitrogens with two attached hydrogens (primary N) is 2. The molecular weight excluding hydrogens is 364 g/mol. The van der Waals surface area contributed by atoms with Crippen LogP contribution < -0.4 is 22.1 Å². The molecule has 27 heavy (non-hydrogen) atoms. The van der Waals surface area contributed by atoms with Gasteiger partial charge in [0, 0.05) is 11.9 Å². The molecule has 0 spiro atoms. The summed E-state index contributed by atoms with van der Waals surface area (Å²) in [5.41, 5.74) is 11.7. The van der Waals surface area contributed by atoms with E-state index in [0.717, 1.165) is 13.0 Å². The predicted octanol–water partition coefficient (Wildman–Crippen LogP) is 3.66. The summed E-state index contributed by atoms with van der Waals surface area (Å²) in [6.45, 7) is 3.17. The number of thiazole rings is 1. The van der Waals surface area contributed by atoms with Gasteiger partial charge in [-0.3, -0.25) is 4.99 Å². The van der Waals surface area contributed by atoms with Gasteiger partial charge in [0.1, 0.15) is 11.5 Å². The number of aliphatic imine (C=N–C) groups is 1.